The average Bonchev–Trinajstić information content (AvgIpc) is 3.61. The predicted octanol–water partition coefficient (Wildman–Crippen LogP) is 3.34. The quantitative estimate of drug-likeness (QED) is 0.463. The summed E-state index contributed by atoms with van der Waals surface area (Å²) in [4.78, 5) is 19.3. The van der Waals surface area contributed by atoms with Gasteiger partial charge in [0.1, 0.15) is 5.82 Å². The molecule has 4 rings (SSSR count). The fourth-order valence-corrected chi connectivity index (χ4v) is 6.41. The highest BCUT2D eigenvalue weighted by Crippen LogP contribution is 2.28. The highest BCUT2D eigenvalue weighted by Gasteiger charge is 2.31. The molecule has 0 bridgehead atoms. The number of ether oxygens (including phenoxy) is 2. The fraction of sp³-hybridized carbons (Fsp3) is 0.600. The largest absolute Gasteiger partial charge is 0.383 e. The van der Waals surface area contributed by atoms with Crippen LogP contribution in [0.5, 0.6) is 0 Å². The topological polar surface area (TPSA) is 90.7 Å². The maximum atomic E-state index is 13.4. The minimum atomic E-state index is -3.82. The summed E-state index contributed by atoms with van der Waals surface area (Å²) in [5.74, 6) is -0.622. The van der Waals surface area contributed by atoms with Crippen molar-refractivity contribution in [1.82, 2.24) is 14.5 Å². The van der Waals surface area contributed by atoms with E-state index in [9.17, 15) is 17.6 Å². The van der Waals surface area contributed by atoms with Crippen LogP contribution in [-0.2, 0) is 42.9 Å². The smallest absolute Gasteiger partial charge is 0.228 e. The van der Waals surface area contributed by atoms with E-state index in [0.717, 1.165) is 38.5 Å². The van der Waals surface area contributed by atoms with Gasteiger partial charge in [-0.3, -0.25) is 4.79 Å². The number of hydrogen-bond acceptors (Lipinski definition) is 6. The molecule has 1 saturated carbocycles. The highest BCUT2D eigenvalue weighted by molar-refractivity contribution is 7.90. The van der Waals surface area contributed by atoms with E-state index < -0.39 is 15.7 Å². The number of carbonyl (C=O) groups is 1. The standard InChI is InChI=1S/C25H34FN3O5S/c1-33-14-12-28(24(30)20-5-2-3-6-20)16-22-15-27-25(29(22)17-23-7-4-13-34-23)35(31,32)18-19-8-10-21(26)11-9-19/h8-11,15,20,23H,2-7,12-14,16-18H2,1H3/t23-/m0/s1. The van der Waals surface area contributed by atoms with Gasteiger partial charge in [0.15, 0.2) is 0 Å². The van der Waals surface area contributed by atoms with E-state index in [0.29, 0.717) is 37.6 Å². The van der Waals surface area contributed by atoms with Crippen LogP contribution in [0.15, 0.2) is 35.6 Å². The number of carbonyl (C=O) groups excluding carboxylic acids is 1. The molecule has 2 aliphatic rings. The zero-order valence-corrected chi connectivity index (χ0v) is 21.0. The number of nitrogens with zero attached hydrogens (tertiary/aromatic N) is 3. The van der Waals surface area contributed by atoms with Gasteiger partial charge in [0.2, 0.25) is 20.9 Å². The van der Waals surface area contributed by atoms with Crippen LogP contribution in [0.3, 0.4) is 0 Å². The van der Waals surface area contributed by atoms with Crippen LogP contribution in [0.1, 0.15) is 49.8 Å². The number of aromatic nitrogens is 2. The highest BCUT2D eigenvalue weighted by atomic mass is 32.2. The second-order valence-electron chi connectivity index (χ2n) is 9.40. The Balaban J connectivity index is 1.62. The van der Waals surface area contributed by atoms with Crippen molar-refractivity contribution < 1.29 is 27.1 Å². The molecule has 0 spiro atoms. The van der Waals surface area contributed by atoms with Crippen LogP contribution in [0.4, 0.5) is 4.39 Å². The molecule has 1 aliphatic carbocycles. The molecular weight excluding hydrogens is 473 g/mol. The van der Waals surface area contributed by atoms with E-state index in [1.54, 1.807) is 22.8 Å². The van der Waals surface area contributed by atoms with Crippen molar-refractivity contribution in [1.29, 1.82) is 0 Å². The molecule has 2 fully saturated rings. The molecule has 1 saturated heterocycles. The first-order chi connectivity index (χ1) is 16.9. The summed E-state index contributed by atoms with van der Waals surface area (Å²) in [5, 5.41) is -0.0488. The summed E-state index contributed by atoms with van der Waals surface area (Å²) >= 11 is 0. The summed E-state index contributed by atoms with van der Waals surface area (Å²) < 4.78 is 52.8. The third-order valence-electron chi connectivity index (χ3n) is 6.79. The molecule has 0 radical (unpaired) electrons. The summed E-state index contributed by atoms with van der Waals surface area (Å²) in [5.41, 5.74) is 1.14. The van der Waals surface area contributed by atoms with Crippen LogP contribution < -0.4 is 0 Å². The third-order valence-corrected chi connectivity index (χ3v) is 8.39. The summed E-state index contributed by atoms with van der Waals surface area (Å²) in [6.45, 7) is 2.07. The Kier molecular flexibility index (Phi) is 8.56. The molecule has 0 N–H and O–H groups in total. The molecule has 1 aromatic carbocycles. The molecule has 0 unspecified atom stereocenters. The van der Waals surface area contributed by atoms with Crippen LogP contribution >= 0.6 is 0 Å². The van der Waals surface area contributed by atoms with Crippen molar-refractivity contribution >= 4 is 15.7 Å². The van der Waals surface area contributed by atoms with Gasteiger partial charge in [-0.25, -0.2) is 17.8 Å². The van der Waals surface area contributed by atoms with Crippen LogP contribution in [0, 0.1) is 11.7 Å². The van der Waals surface area contributed by atoms with Crippen molar-refractivity contribution in [3.05, 3.63) is 47.5 Å². The van der Waals surface area contributed by atoms with E-state index >= 15 is 0 Å². The first-order valence-electron chi connectivity index (χ1n) is 12.3. The maximum absolute atomic E-state index is 13.4. The van der Waals surface area contributed by atoms with E-state index in [1.807, 2.05) is 0 Å². The van der Waals surface area contributed by atoms with Crippen LogP contribution in [0.25, 0.3) is 0 Å². The average molecular weight is 508 g/mol. The Morgan fingerprint density at radius 2 is 1.94 bits per heavy atom. The second kappa shape index (κ2) is 11.6. The van der Waals surface area contributed by atoms with Gasteiger partial charge in [0.05, 0.1) is 43.4 Å². The lowest BCUT2D eigenvalue weighted by Gasteiger charge is -2.26. The molecule has 1 aliphatic heterocycles. The third kappa shape index (κ3) is 6.48. The maximum Gasteiger partial charge on any atom is 0.228 e. The second-order valence-corrected chi connectivity index (χ2v) is 11.3. The van der Waals surface area contributed by atoms with Crippen molar-refractivity contribution in [3.8, 4) is 0 Å². The van der Waals surface area contributed by atoms with Crippen LogP contribution in [0.2, 0.25) is 0 Å². The van der Waals surface area contributed by atoms with Crippen molar-refractivity contribution in [2.24, 2.45) is 5.92 Å². The van der Waals surface area contributed by atoms with Crippen molar-refractivity contribution in [3.63, 3.8) is 0 Å². The van der Waals surface area contributed by atoms with E-state index in [4.69, 9.17) is 9.47 Å². The molecule has 1 atom stereocenters. The normalized spacial score (nSPS) is 18.9. The SMILES string of the molecule is COCCN(Cc1cnc(S(=O)(=O)Cc2ccc(F)cc2)n1C[C@@H]1CCCO1)C(=O)C1CCCC1. The van der Waals surface area contributed by atoms with Crippen molar-refractivity contribution in [2.45, 2.75) is 68.6 Å². The first kappa shape index (κ1) is 25.8. The fourth-order valence-electron chi connectivity index (χ4n) is 4.91. The molecule has 35 heavy (non-hydrogen) atoms. The lowest BCUT2D eigenvalue weighted by atomic mass is 10.1. The number of halogens is 1. The predicted molar refractivity (Wildman–Crippen MR) is 128 cm³/mol. The summed E-state index contributed by atoms with van der Waals surface area (Å²) in [7, 11) is -2.22. The molecule has 1 amide bonds. The number of imidazole rings is 1. The van der Waals surface area contributed by atoms with Gasteiger partial charge in [-0.05, 0) is 43.4 Å². The van der Waals surface area contributed by atoms with E-state index in [-0.39, 0.29) is 35.4 Å². The van der Waals surface area contributed by atoms with Gasteiger partial charge in [-0.15, -0.1) is 0 Å². The number of benzene rings is 1. The number of sulfone groups is 1. The number of methoxy groups -OCH3 is 1. The molecule has 2 aromatic rings. The number of amides is 1. The Bertz CT molecular complexity index is 1090. The van der Waals surface area contributed by atoms with Gasteiger partial charge in [0.25, 0.3) is 0 Å². The molecule has 1 aromatic heterocycles. The molecule has 2 heterocycles. The minimum absolute atomic E-state index is 0.00284. The first-order valence-corrected chi connectivity index (χ1v) is 13.9. The number of rotatable bonds is 11. The van der Waals surface area contributed by atoms with E-state index in [2.05, 4.69) is 4.98 Å². The summed E-state index contributed by atoms with van der Waals surface area (Å²) in [6.07, 6.45) is 7.07. The van der Waals surface area contributed by atoms with Crippen molar-refractivity contribution in [2.75, 3.05) is 26.9 Å². The van der Waals surface area contributed by atoms with Gasteiger partial charge in [-0.1, -0.05) is 25.0 Å². The lowest BCUT2D eigenvalue weighted by molar-refractivity contribution is -0.136. The molecule has 10 heteroatoms. The Hall–Kier alpha value is -2.30. The summed E-state index contributed by atoms with van der Waals surface area (Å²) in [6, 6.07) is 5.43. The van der Waals surface area contributed by atoms with Gasteiger partial charge >= 0.3 is 0 Å². The molecule has 8 nitrogen and oxygen atoms in total. The van der Waals surface area contributed by atoms with Gasteiger partial charge < -0.3 is 18.9 Å². The monoisotopic (exact) mass is 507 g/mol. The zero-order chi connectivity index (χ0) is 24.8. The van der Waals surface area contributed by atoms with Gasteiger partial charge in [-0.2, -0.15) is 0 Å². The van der Waals surface area contributed by atoms with Crippen LogP contribution in [-0.4, -0.2) is 61.7 Å². The van der Waals surface area contributed by atoms with E-state index in [1.165, 1.54) is 24.3 Å². The lowest BCUT2D eigenvalue weighted by Crippen LogP contribution is -2.38. The molecule has 192 valence electrons. The Morgan fingerprint density at radius 1 is 1.20 bits per heavy atom. The number of hydrogen-bond donors (Lipinski definition) is 0. The Morgan fingerprint density at radius 3 is 2.60 bits per heavy atom. The molecular formula is C25H34FN3O5S. The van der Waals surface area contributed by atoms with Gasteiger partial charge in [0, 0.05) is 26.2 Å². The minimum Gasteiger partial charge on any atom is -0.383 e. The zero-order valence-electron chi connectivity index (χ0n) is 20.2. The Labute approximate surface area is 206 Å².